The summed E-state index contributed by atoms with van der Waals surface area (Å²) in [7, 11) is 0. The number of aliphatic hydroxyl groups is 1. The lowest BCUT2D eigenvalue weighted by atomic mass is 10.1. The van der Waals surface area contributed by atoms with Gasteiger partial charge < -0.3 is 37.0 Å². The fraction of sp³-hybridized carbons (Fsp3) is 0.333. The second-order valence-electron chi connectivity index (χ2n) is 5.52. The van der Waals surface area contributed by atoms with Crippen LogP contribution < -0.4 is 31.9 Å². The average Bonchev–Trinajstić information content (AvgIpc) is 3.06. The molecule has 0 saturated carbocycles. The first-order valence-corrected chi connectivity index (χ1v) is 7.71. The van der Waals surface area contributed by atoms with Crippen molar-refractivity contribution in [2.45, 2.75) is 19.1 Å². The van der Waals surface area contributed by atoms with Gasteiger partial charge in [-0.2, -0.15) is 0 Å². The van der Waals surface area contributed by atoms with Gasteiger partial charge in [0.25, 0.3) is 0 Å². The molecule has 1 aliphatic rings. The van der Waals surface area contributed by atoms with Crippen LogP contribution in [0.15, 0.2) is 48.5 Å². The Hall–Kier alpha value is -1.95. The van der Waals surface area contributed by atoms with Crippen LogP contribution in [0.2, 0.25) is 0 Å². The molecule has 0 aliphatic carbocycles. The summed E-state index contributed by atoms with van der Waals surface area (Å²) in [5, 5.41) is 13.4. The number of fused-ring (bicyclic) bond motifs is 1. The zero-order valence-corrected chi connectivity index (χ0v) is 14.2. The topological polar surface area (TPSA) is 60.0 Å². The maximum Gasteiger partial charge on any atom is 0.231 e. The predicted molar refractivity (Wildman–Crippen MR) is 86.9 cm³/mol. The van der Waals surface area contributed by atoms with Crippen LogP contribution in [0.4, 0.5) is 0 Å². The third kappa shape index (κ3) is 4.77. The molecule has 0 spiro atoms. The van der Waals surface area contributed by atoms with E-state index in [1.54, 1.807) is 18.2 Å². The van der Waals surface area contributed by atoms with Gasteiger partial charge in [0.05, 0.1) is 0 Å². The summed E-state index contributed by atoms with van der Waals surface area (Å²) in [6, 6.07) is 15.7. The van der Waals surface area contributed by atoms with Crippen molar-refractivity contribution in [3.8, 4) is 17.2 Å². The molecule has 24 heavy (non-hydrogen) atoms. The summed E-state index contributed by atoms with van der Waals surface area (Å²) in [6.45, 7) is 2.98. The van der Waals surface area contributed by atoms with E-state index in [4.69, 9.17) is 14.2 Å². The number of hydrogen-bond donors (Lipinski definition) is 2. The van der Waals surface area contributed by atoms with Crippen LogP contribution in [0.25, 0.3) is 0 Å². The standard InChI is InChI=1S/C18H21NO4.ClH/c1-13(14-5-3-2-4-6-14)19-10-15(20)11-21-16-7-8-17-18(9-16)23-12-22-17;/h2-9,13,15,19-20H,10-12H2,1H3;1H/p-1. The highest BCUT2D eigenvalue weighted by atomic mass is 35.5. The largest absolute Gasteiger partial charge is 1.00 e. The quantitative estimate of drug-likeness (QED) is 0.706. The van der Waals surface area contributed by atoms with Crippen LogP contribution in [0, 0.1) is 0 Å². The number of nitrogens with one attached hydrogen (secondary N) is 1. The molecule has 5 nitrogen and oxygen atoms in total. The lowest BCUT2D eigenvalue weighted by Gasteiger charge is -2.18. The average molecular weight is 351 g/mol. The van der Waals surface area contributed by atoms with E-state index in [0.29, 0.717) is 18.0 Å². The Labute approximate surface area is 148 Å². The van der Waals surface area contributed by atoms with Crippen LogP contribution in [0.3, 0.4) is 0 Å². The Kier molecular flexibility index (Phi) is 6.73. The zero-order valence-electron chi connectivity index (χ0n) is 13.4. The lowest BCUT2D eigenvalue weighted by molar-refractivity contribution is -0.00000803. The number of aliphatic hydroxyl groups excluding tert-OH is 1. The summed E-state index contributed by atoms with van der Waals surface area (Å²) in [5.41, 5.74) is 1.19. The van der Waals surface area contributed by atoms with Gasteiger partial charge >= 0.3 is 0 Å². The number of rotatable bonds is 7. The summed E-state index contributed by atoms with van der Waals surface area (Å²) < 4.78 is 16.2. The Morgan fingerprint density at radius 2 is 1.88 bits per heavy atom. The van der Waals surface area contributed by atoms with Crippen molar-refractivity contribution >= 4 is 0 Å². The molecule has 3 rings (SSSR count). The Bertz CT molecular complexity index is 638. The van der Waals surface area contributed by atoms with Crippen LogP contribution in [-0.2, 0) is 0 Å². The molecule has 1 aliphatic heterocycles. The molecule has 0 aromatic heterocycles. The SMILES string of the molecule is CC(NCC(O)COc1ccc2c(c1)OCO2)c1ccccc1.[Cl-]. The van der Waals surface area contributed by atoms with E-state index in [9.17, 15) is 5.11 Å². The van der Waals surface area contributed by atoms with Crippen molar-refractivity contribution in [3.05, 3.63) is 54.1 Å². The first-order valence-electron chi connectivity index (χ1n) is 7.71. The second kappa shape index (κ2) is 8.78. The molecule has 0 radical (unpaired) electrons. The highest BCUT2D eigenvalue weighted by Crippen LogP contribution is 2.35. The first-order chi connectivity index (χ1) is 11.2. The molecular formula is C18H21ClNO4-. The van der Waals surface area contributed by atoms with E-state index in [0.717, 1.165) is 5.75 Å². The first kappa shape index (κ1) is 18.4. The molecule has 0 bridgehead atoms. The van der Waals surface area contributed by atoms with E-state index >= 15 is 0 Å². The van der Waals surface area contributed by atoms with Gasteiger partial charge in [-0.25, -0.2) is 0 Å². The van der Waals surface area contributed by atoms with Crippen molar-refractivity contribution in [2.24, 2.45) is 0 Å². The van der Waals surface area contributed by atoms with Gasteiger partial charge in [-0.15, -0.1) is 0 Å². The smallest absolute Gasteiger partial charge is 0.231 e. The van der Waals surface area contributed by atoms with Crippen LogP contribution >= 0.6 is 0 Å². The summed E-state index contributed by atoms with van der Waals surface area (Å²) in [6.07, 6.45) is -0.591. The summed E-state index contributed by atoms with van der Waals surface area (Å²) in [5.74, 6) is 2.05. The fourth-order valence-electron chi connectivity index (χ4n) is 2.39. The number of hydrogen-bond acceptors (Lipinski definition) is 5. The van der Waals surface area contributed by atoms with Crippen molar-refractivity contribution in [1.82, 2.24) is 5.32 Å². The maximum atomic E-state index is 10.1. The molecule has 2 aromatic rings. The van der Waals surface area contributed by atoms with Crippen molar-refractivity contribution in [2.75, 3.05) is 19.9 Å². The van der Waals surface area contributed by atoms with E-state index in [2.05, 4.69) is 24.4 Å². The van der Waals surface area contributed by atoms with Gasteiger partial charge in [0.15, 0.2) is 11.5 Å². The van der Waals surface area contributed by atoms with Crippen LogP contribution in [0.1, 0.15) is 18.5 Å². The molecular weight excluding hydrogens is 330 g/mol. The number of benzene rings is 2. The molecule has 6 heteroatoms. The monoisotopic (exact) mass is 350 g/mol. The van der Waals surface area contributed by atoms with Gasteiger partial charge in [-0.1, -0.05) is 30.3 Å². The van der Waals surface area contributed by atoms with E-state index in [1.165, 1.54) is 5.56 Å². The van der Waals surface area contributed by atoms with Gasteiger partial charge in [-0.3, -0.25) is 0 Å². The minimum atomic E-state index is -0.591. The van der Waals surface area contributed by atoms with Crippen molar-refractivity contribution in [3.63, 3.8) is 0 Å². The van der Waals surface area contributed by atoms with E-state index < -0.39 is 6.10 Å². The highest BCUT2D eigenvalue weighted by Gasteiger charge is 2.14. The fourth-order valence-corrected chi connectivity index (χ4v) is 2.39. The Morgan fingerprint density at radius 3 is 2.67 bits per heavy atom. The Balaban J connectivity index is 0.00000208. The highest BCUT2D eigenvalue weighted by molar-refractivity contribution is 5.46. The number of halogens is 1. The van der Waals surface area contributed by atoms with Gasteiger partial charge in [-0.05, 0) is 24.6 Å². The minimum absolute atomic E-state index is 0. The second-order valence-corrected chi connectivity index (χ2v) is 5.52. The lowest BCUT2D eigenvalue weighted by Crippen LogP contribution is -3.00. The molecule has 0 saturated heterocycles. The molecule has 2 unspecified atom stereocenters. The van der Waals surface area contributed by atoms with Gasteiger partial charge in [0, 0.05) is 18.7 Å². The predicted octanol–water partition coefficient (Wildman–Crippen LogP) is -0.490. The van der Waals surface area contributed by atoms with Crippen LogP contribution in [0.5, 0.6) is 17.2 Å². The van der Waals surface area contributed by atoms with Crippen LogP contribution in [-0.4, -0.2) is 31.2 Å². The molecule has 2 atom stereocenters. The minimum Gasteiger partial charge on any atom is -1.00 e. The normalized spacial score (nSPS) is 14.6. The third-order valence-electron chi connectivity index (χ3n) is 3.75. The zero-order chi connectivity index (χ0) is 16.1. The Morgan fingerprint density at radius 1 is 1.12 bits per heavy atom. The van der Waals surface area contributed by atoms with Gasteiger partial charge in [0.2, 0.25) is 6.79 Å². The molecule has 2 N–H and O–H groups in total. The molecule has 2 aromatic carbocycles. The number of ether oxygens (including phenoxy) is 3. The molecule has 1 heterocycles. The molecule has 130 valence electrons. The molecule has 0 amide bonds. The summed E-state index contributed by atoms with van der Waals surface area (Å²) >= 11 is 0. The van der Waals surface area contributed by atoms with E-state index in [-0.39, 0.29) is 31.8 Å². The molecule has 0 fully saturated rings. The van der Waals surface area contributed by atoms with Crippen molar-refractivity contribution in [1.29, 1.82) is 0 Å². The summed E-state index contributed by atoms with van der Waals surface area (Å²) in [4.78, 5) is 0. The van der Waals surface area contributed by atoms with Gasteiger partial charge in [0.1, 0.15) is 18.5 Å². The van der Waals surface area contributed by atoms with E-state index in [1.807, 2.05) is 18.2 Å². The maximum absolute atomic E-state index is 10.1. The van der Waals surface area contributed by atoms with Crippen molar-refractivity contribution < 1.29 is 31.7 Å². The third-order valence-corrected chi connectivity index (χ3v) is 3.75.